The monoisotopic (exact) mass is 293 g/mol. The molecule has 0 spiro atoms. The number of nitrogens with zero attached hydrogens (tertiary/aromatic N) is 1. The van der Waals surface area contributed by atoms with Gasteiger partial charge in [-0.15, -0.1) is 0 Å². The summed E-state index contributed by atoms with van der Waals surface area (Å²) in [5.74, 6) is -2.15. The van der Waals surface area contributed by atoms with Gasteiger partial charge in [-0.05, 0) is 25.0 Å². The third-order valence-corrected chi connectivity index (χ3v) is 2.85. The Hall–Kier alpha value is -2.44. The van der Waals surface area contributed by atoms with E-state index in [4.69, 9.17) is 10.5 Å². The van der Waals surface area contributed by atoms with Gasteiger partial charge < -0.3 is 15.8 Å². The van der Waals surface area contributed by atoms with Crippen molar-refractivity contribution in [3.05, 3.63) is 30.1 Å². The molecule has 1 rings (SSSR count). The molecule has 0 fully saturated rings. The molecule has 1 aromatic rings. The summed E-state index contributed by atoms with van der Waals surface area (Å²) in [7, 11) is 0. The number of aromatic nitrogens is 1. The zero-order valence-corrected chi connectivity index (χ0v) is 12.0. The van der Waals surface area contributed by atoms with Crippen LogP contribution in [0.1, 0.15) is 30.8 Å². The molecular weight excluding hydrogens is 274 g/mol. The summed E-state index contributed by atoms with van der Waals surface area (Å²) >= 11 is 0. The SMILES string of the molecule is CCOC(=O)C[C@@H](C)[C@@H](NC(=O)c1ccccn1)C(N)=O. The number of hydrogen-bond donors (Lipinski definition) is 2. The molecule has 0 saturated carbocycles. The van der Waals surface area contributed by atoms with Crippen molar-refractivity contribution in [1.29, 1.82) is 0 Å². The Morgan fingerprint density at radius 3 is 2.62 bits per heavy atom. The van der Waals surface area contributed by atoms with Gasteiger partial charge in [0.1, 0.15) is 11.7 Å². The minimum atomic E-state index is -0.969. The number of amides is 2. The van der Waals surface area contributed by atoms with Crippen molar-refractivity contribution in [2.45, 2.75) is 26.3 Å². The Morgan fingerprint density at radius 1 is 1.38 bits per heavy atom. The molecule has 2 amide bonds. The van der Waals surface area contributed by atoms with E-state index < -0.39 is 29.7 Å². The predicted molar refractivity (Wildman–Crippen MR) is 75.1 cm³/mol. The lowest BCUT2D eigenvalue weighted by Gasteiger charge is -2.21. The second kappa shape index (κ2) is 7.98. The lowest BCUT2D eigenvalue weighted by molar-refractivity contribution is -0.144. The number of esters is 1. The average molecular weight is 293 g/mol. The van der Waals surface area contributed by atoms with E-state index in [0.29, 0.717) is 0 Å². The van der Waals surface area contributed by atoms with Crippen LogP contribution in [0.25, 0.3) is 0 Å². The standard InChI is InChI=1S/C14H19N3O4/c1-3-21-11(18)8-9(2)12(13(15)19)17-14(20)10-6-4-5-7-16-10/h4-7,9,12H,3,8H2,1-2H3,(H2,15,19)(H,17,20)/t9-,12-/m1/s1. The quantitative estimate of drug-likeness (QED) is 0.700. The van der Waals surface area contributed by atoms with Crippen LogP contribution in [0.15, 0.2) is 24.4 Å². The van der Waals surface area contributed by atoms with Gasteiger partial charge in [0, 0.05) is 6.20 Å². The first-order valence-electron chi connectivity index (χ1n) is 6.62. The molecule has 0 bridgehead atoms. The van der Waals surface area contributed by atoms with Crippen molar-refractivity contribution < 1.29 is 19.1 Å². The van der Waals surface area contributed by atoms with Crippen molar-refractivity contribution in [2.75, 3.05) is 6.61 Å². The highest BCUT2D eigenvalue weighted by Gasteiger charge is 2.27. The first kappa shape index (κ1) is 16.6. The van der Waals surface area contributed by atoms with Gasteiger partial charge in [0.25, 0.3) is 5.91 Å². The van der Waals surface area contributed by atoms with E-state index in [1.54, 1.807) is 26.0 Å². The molecule has 0 aliphatic heterocycles. The van der Waals surface area contributed by atoms with E-state index in [9.17, 15) is 14.4 Å². The van der Waals surface area contributed by atoms with Crippen molar-refractivity contribution in [1.82, 2.24) is 10.3 Å². The highest BCUT2D eigenvalue weighted by molar-refractivity contribution is 5.96. The molecule has 0 aliphatic rings. The highest BCUT2D eigenvalue weighted by Crippen LogP contribution is 2.10. The highest BCUT2D eigenvalue weighted by atomic mass is 16.5. The van der Waals surface area contributed by atoms with E-state index in [-0.39, 0.29) is 18.7 Å². The van der Waals surface area contributed by atoms with Crippen LogP contribution < -0.4 is 11.1 Å². The van der Waals surface area contributed by atoms with Crippen molar-refractivity contribution >= 4 is 17.8 Å². The third kappa shape index (κ3) is 5.21. The summed E-state index contributed by atoms with van der Waals surface area (Å²) in [4.78, 5) is 38.8. The first-order valence-corrected chi connectivity index (χ1v) is 6.62. The van der Waals surface area contributed by atoms with Crippen LogP contribution in [-0.2, 0) is 14.3 Å². The van der Waals surface area contributed by atoms with Gasteiger partial charge in [0.15, 0.2) is 0 Å². The van der Waals surface area contributed by atoms with Gasteiger partial charge in [-0.1, -0.05) is 13.0 Å². The second-order valence-electron chi connectivity index (χ2n) is 4.55. The number of rotatable bonds is 7. The largest absolute Gasteiger partial charge is 0.466 e. The molecule has 0 aromatic carbocycles. The predicted octanol–water partition coefficient (Wildman–Crippen LogP) is 0.255. The number of hydrogen-bond acceptors (Lipinski definition) is 5. The Bertz CT molecular complexity index is 504. The molecule has 114 valence electrons. The van der Waals surface area contributed by atoms with Crippen LogP contribution in [-0.4, -0.2) is 35.4 Å². The second-order valence-corrected chi connectivity index (χ2v) is 4.55. The van der Waals surface area contributed by atoms with Gasteiger partial charge in [-0.25, -0.2) is 0 Å². The van der Waals surface area contributed by atoms with E-state index >= 15 is 0 Å². The van der Waals surface area contributed by atoms with Crippen LogP contribution in [0.3, 0.4) is 0 Å². The van der Waals surface area contributed by atoms with Gasteiger partial charge in [-0.2, -0.15) is 0 Å². The van der Waals surface area contributed by atoms with Gasteiger partial charge >= 0.3 is 5.97 Å². The van der Waals surface area contributed by atoms with Crippen LogP contribution in [0, 0.1) is 5.92 Å². The van der Waals surface area contributed by atoms with Crippen molar-refractivity contribution in [3.63, 3.8) is 0 Å². The van der Waals surface area contributed by atoms with Crippen LogP contribution in [0.5, 0.6) is 0 Å². The van der Waals surface area contributed by atoms with Gasteiger partial charge in [0.2, 0.25) is 5.91 Å². The van der Waals surface area contributed by atoms with Crippen molar-refractivity contribution in [2.24, 2.45) is 11.7 Å². The maximum absolute atomic E-state index is 12.0. The van der Waals surface area contributed by atoms with E-state index in [2.05, 4.69) is 10.3 Å². The van der Waals surface area contributed by atoms with E-state index in [0.717, 1.165) is 0 Å². The molecule has 7 nitrogen and oxygen atoms in total. The lowest BCUT2D eigenvalue weighted by atomic mass is 9.97. The molecule has 1 heterocycles. The van der Waals surface area contributed by atoms with E-state index in [1.807, 2.05) is 0 Å². The Kier molecular flexibility index (Phi) is 6.32. The maximum Gasteiger partial charge on any atom is 0.306 e. The smallest absolute Gasteiger partial charge is 0.306 e. The van der Waals surface area contributed by atoms with Crippen LogP contribution in [0.2, 0.25) is 0 Å². The number of carbonyl (C=O) groups is 3. The number of nitrogens with two attached hydrogens (primary N) is 1. The molecule has 0 saturated heterocycles. The Morgan fingerprint density at radius 2 is 2.10 bits per heavy atom. The maximum atomic E-state index is 12.0. The number of pyridine rings is 1. The number of primary amides is 1. The third-order valence-electron chi connectivity index (χ3n) is 2.85. The Labute approximate surface area is 122 Å². The molecule has 0 aliphatic carbocycles. The fourth-order valence-electron chi connectivity index (χ4n) is 1.81. The molecular formula is C14H19N3O4. The van der Waals surface area contributed by atoms with Gasteiger partial charge in [0.05, 0.1) is 13.0 Å². The first-order chi connectivity index (χ1) is 9.95. The normalized spacial score (nSPS) is 13.0. The average Bonchev–Trinajstić information content (AvgIpc) is 2.45. The number of carbonyl (C=O) groups excluding carboxylic acids is 3. The topological polar surface area (TPSA) is 111 Å². The summed E-state index contributed by atoms with van der Waals surface area (Å²) < 4.78 is 4.82. The summed E-state index contributed by atoms with van der Waals surface area (Å²) in [5, 5.41) is 2.50. The Balaban J connectivity index is 2.71. The minimum Gasteiger partial charge on any atom is -0.466 e. The lowest BCUT2D eigenvalue weighted by Crippen LogP contribution is -2.49. The summed E-state index contributed by atoms with van der Waals surface area (Å²) in [6.45, 7) is 3.59. The van der Waals surface area contributed by atoms with Crippen molar-refractivity contribution in [3.8, 4) is 0 Å². The van der Waals surface area contributed by atoms with Gasteiger partial charge in [-0.3, -0.25) is 19.4 Å². The zero-order valence-electron chi connectivity index (χ0n) is 12.0. The molecule has 3 N–H and O–H groups in total. The zero-order chi connectivity index (χ0) is 15.8. The molecule has 0 unspecified atom stereocenters. The molecule has 2 atom stereocenters. The summed E-state index contributed by atoms with van der Waals surface area (Å²) in [5.41, 5.74) is 5.46. The van der Waals surface area contributed by atoms with E-state index in [1.165, 1.54) is 12.3 Å². The molecule has 7 heteroatoms. The summed E-state index contributed by atoms with van der Waals surface area (Å²) in [6.07, 6.45) is 1.46. The molecule has 1 aromatic heterocycles. The molecule has 0 radical (unpaired) electrons. The fourth-order valence-corrected chi connectivity index (χ4v) is 1.81. The summed E-state index contributed by atoms with van der Waals surface area (Å²) in [6, 6.07) is 3.88. The number of ether oxygens (including phenoxy) is 1. The number of nitrogens with one attached hydrogen (secondary N) is 1. The fraction of sp³-hybridized carbons (Fsp3) is 0.429. The minimum absolute atomic E-state index is 0.00998. The van der Waals surface area contributed by atoms with Crippen LogP contribution >= 0.6 is 0 Å². The van der Waals surface area contributed by atoms with Crippen LogP contribution in [0.4, 0.5) is 0 Å². The molecule has 21 heavy (non-hydrogen) atoms.